The number of benzene rings is 1. The van der Waals surface area contributed by atoms with Gasteiger partial charge in [-0.05, 0) is 31.2 Å². The molecule has 6 heteroatoms. The smallest absolute Gasteiger partial charge is 0.131 e. The number of nitrogens with one attached hydrogen (secondary N) is 1. The summed E-state index contributed by atoms with van der Waals surface area (Å²) in [7, 11) is 1.81. The summed E-state index contributed by atoms with van der Waals surface area (Å²) in [4.78, 5) is 0. The van der Waals surface area contributed by atoms with Gasteiger partial charge in [0.15, 0.2) is 0 Å². The molecule has 0 saturated carbocycles. The van der Waals surface area contributed by atoms with E-state index in [1.807, 2.05) is 19.9 Å². The van der Waals surface area contributed by atoms with Crippen LogP contribution in [-0.4, -0.2) is 16.3 Å². The lowest BCUT2D eigenvalue weighted by molar-refractivity contribution is 0.293. The second-order valence-electron chi connectivity index (χ2n) is 4.83. The van der Waals surface area contributed by atoms with Crippen LogP contribution < -0.4 is 10.1 Å². The van der Waals surface area contributed by atoms with Crippen molar-refractivity contribution in [3.8, 4) is 5.75 Å². The first kappa shape index (κ1) is 15.8. The van der Waals surface area contributed by atoms with Crippen LogP contribution in [0, 0.1) is 12.7 Å². The molecule has 1 heterocycles. The van der Waals surface area contributed by atoms with E-state index in [1.165, 1.54) is 12.1 Å². The van der Waals surface area contributed by atoms with E-state index in [9.17, 15) is 4.39 Å². The van der Waals surface area contributed by atoms with E-state index in [-0.39, 0.29) is 12.4 Å². The summed E-state index contributed by atoms with van der Waals surface area (Å²) in [6.45, 7) is 5.53. The minimum absolute atomic E-state index is 0.250. The number of hydrogen-bond acceptors (Lipinski definition) is 3. The molecule has 1 aromatic carbocycles. The first-order valence-electron chi connectivity index (χ1n) is 6.82. The van der Waals surface area contributed by atoms with Gasteiger partial charge in [-0.3, -0.25) is 4.68 Å². The predicted molar refractivity (Wildman–Crippen MR) is 81.1 cm³/mol. The molecule has 0 fully saturated rings. The van der Waals surface area contributed by atoms with Crippen molar-refractivity contribution >= 4 is 11.6 Å². The third-order valence-electron chi connectivity index (χ3n) is 3.15. The first-order valence-corrected chi connectivity index (χ1v) is 7.20. The fraction of sp³-hybridized carbons (Fsp3) is 0.400. The largest absolute Gasteiger partial charge is 0.487 e. The van der Waals surface area contributed by atoms with Crippen molar-refractivity contribution < 1.29 is 9.13 Å². The van der Waals surface area contributed by atoms with Crippen LogP contribution in [0.1, 0.15) is 23.9 Å². The maximum atomic E-state index is 13.6. The third-order valence-corrected chi connectivity index (χ3v) is 3.64. The molecule has 0 aliphatic heterocycles. The molecule has 0 atom stereocenters. The lowest BCUT2D eigenvalue weighted by Crippen LogP contribution is -2.12. The van der Waals surface area contributed by atoms with E-state index in [1.54, 1.807) is 11.7 Å². The van der Waals surface area contributed by atoms with Crippen molar-refractivity contribution in [3.05, 3.63) is 46.0 Å². The molecule has 0 spiro atoms. The second-order valence-corrected chi connectivity index (χ2v) is 5.21. The number of nitrogens with zero attached hydrogens (tertiary/aromatic N) is 2. The van der Waals surface area contributed by atoms with Gasteiger partial charge in [-0.25, -0.2) is 4.39 Å². The standard InChI is InChI=1S/C15H19ClFN3O/c1-4-18-8-11-5-12(17)7-13(6-11)21-9-14-15(16)10(2)19-20(14)3/h5-7,18H,4,8-9H2,1-3H3. The fourth-order valence-electron chi connectivity index (χ4n) is 2.06. The van der Waals surface area contributed by atoms with Crippen molar-refractivity contribution in [2.24, 2.45) is 7.05 Å². The molecule has 2 aromatic rings. The number of aryl methyl sites for hydroxylation is 2. The van der Waals surface area contributed by atoms with Crippen LogP contribution in [-0.2, 0) is 20.2 Å². The van der Waals surface area contributed by atoms with Crippen LogP contribution >= 0.6 is 11.6 Å². The third kappa shape index (κ3) is 3.95. The number of rotatable bonds is 6. The zero-order chi connectivity index (χ0) is 15.4. The molecular weight excluding hydrogens is 293 g/mol. The van der Waals surface area contributed by atoms with E-state index in [0.717, 1.165) is 23.5 Å². The molecule has 0 aliphatic carbocycles. The van der Waals surface area contributed by atoms with Gasteiger partial charge in [0.1, 0.15) is 18.2 Å². The molecule has 2 rings (SSSR count). The summed E-state index contributed by atoms with van der Waals surface area (Å²) in [6.07, 6.45) is 0. The number of aromatic nitrogens is 2. The Balaban J connectivity index is 2.10. The summed E-state index contributed by atoms with van der Waals surface area (Å²) in [5, 5.41) is 7.96. The molecule has 0 bridgehead atoms. The lowest BCUT2D eigenvalue weighted by Gasteiger charge is -2.09. The van der Waals surface area contributed by atoms with Crippen molar-refractivity contribution in [3.63, 3.8) is 0 Å². The fourth-order valence-corrected chi connectivity index (χ4v) is 2.28. The zero-order valence-corrected chi connectivity index (χ0v) is 13.2. The van der Waals surface area contributed by atoms with Crippen LogP contribution in [0.4, 0.5) is 4.39 Å². The average molecular weight is 312 g/mol. The van der Waals surface area contributed by atoms with Gasteiger partial charge in [-0.1, -0.05) is 18.5 Å². The molecule has 0 aliphatic rings. The summed E-state index contributed by atoms with van der Waals surface area (Å²) in [5.41, 5.74) is 2.37. The molecule has 1 aromatic heterocycles. The van der Waals surface area contributed by atoms with Crippen molar-refractivity contribution in [2.75, 3.05) is 6.54 Å². The molecule has 1 N–H and O–H groups in total. The first-order chi connectivity index (χ1) is 10.0. The summed E-state index contributed by atoms with van der Waals surface area (Å²) in [5.74, 6) is 0.172. The minimum Gasteiger partial charge on any atom is -0.487 e. The molecule has 4 nitrogen and oxygen atoms in total. The van der Waals surface area contributed by atoms with Gasteiger partial charge < -0.3 is 10.1 Å². The molecule has 0 radical (unpaired) electrons. The Bertz CT molecular complexity index is 628. The van der Waals surface area contributed by atoms with Crippen molar-refractivity contribution in [1.82, 2.24) is 15.1 Å². The van der Waals surface area contributed by atoms with Gasteiger partial charge >= 0.3 is 0 Å². The highest BCUT2D eigenvalue weighted by molar-refractivity contribution is 6.31. The Kier molecular flexibility index (Phi) is 5.20. The van der Waals surface area contributed by atoms with Gasteiger partial charge in [0, 0.05) is 19.7 Å². The SMILES string of the molecule is CCNCc1cc(F)cc(OCc2c(Cl)c(C)nn2C)c1. The van der Waals surface area contributed by atoms with Crippen LogP contribution in [0.3, 0.4) is 0 Å². The second kappa shape index (κ2) is 6.91. The highest BCUT2D eigenvalue weighted by Gasteiger charge is 2.12. The highest BCUT2D eigenvalue weighted by atomic mass is 35.5. The van der Waals surface area contributed by atoms with E-state index in [4.69, 9.17) is 16.3 Å². The predicted octanol–water partition coefficient (Wildman–Crippen LogP) is 3.21. The maximum Gasteiger partial charge on any atom is 0.131 e. The quantitative estimate of drug-likeness (QED) is 0.890. The summed E-state index contributed by atoms with van der Waals surface area (Å²) >= 11 is 6.16. The van der Waals surface area contributed by atoms with Gasteiger partial charge in [0.2, 0.25) is 0 Å². The molecule has 21 heavy (non-hydrogen) atoms. The van der Waals surface area contributed by atoms with Gasteiger partial charge in [0.05, 0.1) is 16.4 Å². The van der Waals surface area contributed by atoms with E-state index < -0.39 is 0 Å². The molecule has 0 saturated heterocycles. The van der Waals surface area contributed by atoms with E-state index in [2.05, 4.69) is 10.4 Å². The number of halogens is 2. The Morgan fingerprint density at radius 2 is 2.14 bits per heavy atom. The Labute approximate surface area is 128 Å². The minimum atomic E-state index is -0.312. The molecule has 0 amide bonds. The van der Waals surface area contributed by atoms with Gasteiger partial charge in [-0.15, -0.1) is 0 Å². The molecule has 114 valence electrons. The van der Waals surface area contributed by atoms with Gasteiger partial charge in [0.25, 0.3) is 0 Å². The monoisotopic (exact) mass is 311 g/mol. The van der Waals surface area contributed by atoms with Crippen LogP contribution in [0.15, 0.2) is 18.2 Å². The summed E-state index contributed by atoms with van der Waals surface area (Å²) in [6, 6.07) is 4.69. The lowest BCUT2D eigenvalue weighted by atomic mass is 10.2. The Morgan fingerprint density at radius 3 is 2.76 bits per heavy atom. The van der Waals surface area contributed by atoms with E-state index >= 15 is 0 Å². The van der Waals surface area contributed by atoms with Crippen LogP contribution in [0.25, 0.3) is 0 Å². The van der Waals surface area contributed by atoms with E-state index in [0.29, 0.717) is 17.3 Å². The van der Waals surface area contributed by atoms with Crippen LogP contribution in [0.2, 0.25) is 5.02 Å². The van der Waals surface area contributed by atoms with Gasteiger partial charge in [-0.2, -0.15) is 5.10 Å². The average Bonchev–Trinajstić information content (AvgIpc) is 2.67. The number of ether oxygens (including phenoxy) is 1. The van der Waals surface area contributed by atoms with Crippen molar-refractivity contribution in [2.45, 2.75) is 27.0 Å². The van der Waals surface area contributed by atoms with Crippen LogP contribution in [0.5, 0.6) is 5.75 Å². The summed E-state index contributed by atoms with van der Waals surface area (Å²) < 4.78 is 20.9. The maximum absolute atomic E-state index is 13.6. The Morgan fingerprint density at radius 1 is 1.38 bits per heavy atom. The van der Waals surface area contributed by atoms with Crippen molar-refractivity contribution in [1.29, 1.82) is 0 Å². The Hall–Kier alpha value is -1.59. The molecular formula is C15H19ClFN3O. The molecule has 0 unspecified atom stereocenters. The normalized spacial score (nSPS) is 10.9. The number of hydrogen-bond donors (Lipinski definition) is 1. The highest BCUT2D eigenvalue weighted by Crippen LogP contribution is 2.22. The topological polar surface area (TPSA) is 39.1 Å². The zero-order valence-electron chi connectivity index (χ0n) is 12.4.